The Labute approximate surface area is 104 Å². The lowest BCUT2D eigenvalue weighted by Crippen LogP contribution is -2.05. The molecular formula is C13H12ClFN2. The van der Waals surface area contributed by atoms with E-state index in [0.717, 1.165) is 24.2 Å². The Bertz CT molecular complexity index is 485. The summed E-state index contributed by atoms with van der Waals surface area (Å²) in [5.41, 5.74) is 1.95. The lowest BCUT2D eigenvalue weighted by Gasteiger charge is -2.07. The number of nitrogens with zero attached hydrogens (tertiary/aromatic N) is 1. The molecule has 1 aromatic heterocycles. The molecule has 2 nitrogen and oxygen atoms in total. The maximum absolute atomic E-state index is 12.7. The smallest absolute Gasteiger partial charge is 0.123 e. The largest absolute Gasteiger partial charge is 0.383 e. The zero-order valence-electron chi connectivity index (χ0n) is 9.16. The maximum atomic E-state index is 12.7. The average molecular weight is 251 g/mol. The first-order valence-electron chi connectivity index (χ1n) is 5.33. The topological polar surface area (TPSA) is 24.9 Å². The maximum Gasteiger partial charge on any atom is 0.123 e. The summed E-state index contributed by atoms with van der Waals surface area (Å²) in [6, 6.07) is 8.33. The second-order valence-electron chi connectivity index (χ2n) is 3.66. The number of hydrogen-bond donors (Lipinski definition) is 1. The molecule has 88 valence electrons. The van der Waals surface area contributed by atoms with Gasteiger partial charge in [0.15, 0.2) is 0 Å². The lowest BCUT2D eigenvalue weighted by molar-refractivity contribution is 0.627. The van der Waals surface area contributed by atoms with Gasteiger partial charge >= 0.3 is 0 Å². The predicted molar refractivity (Wildman–Crippen MR) is 67.8 cm³/mol. The second-order valence-corrected chi connectivity index (χ2v) is 4.07. The monoisotopic (exact) mass is 250 g/mol. The van der Waals surface area contributed by atoms with Crippen LogP contribution in [0.25, 0.3) is 0 Å². The van der Waals surface area contributed by atoms with E-state index in [-0.39, 0.29) is 5.82 Å². The van der Waals surface area contributed by atoms with Crippen LogP contribution in [0.2, 0.25) is 5.02 Å². The number of rotatable bonds is 4. The van der Waals surface area contributed by atoms with E-state index in [1.165, 1.54) is 12.1 Å². The summed E-state index contributed by atoms with van der Waals surface area (Å²) >= 11 is 5.95. The van der Waals surface area contributed by atoms with Crippen LogP contribution in [0.15, 0.2) is 42.7 Å². The van der Waals surface area contributed by atoms with Crippen LogP contribution < -0.4 is 5.32 Å². The molecule has 0 aliphatic rings. The van der Waals surface area contributed by atoms with Crippen molar-refractivity contribution >= 4 is 17.3 Å². The third kappa shape index (κ3) is 3.43. The molecule has 0 spiro atoms. The average Bonchev–Trinajstić information content (AvgIpc) is 2.34. The van der Waals surface area contributed by atoms with Gasteiger partial charge in [-0.3, -0.25) is 4.98 Å². The molecule has 1 aromatic carbocycles. The first kappa shape index (κ1) is 11.9. The van der Waals surface area contributed by atoms with Gasteiger partial charge in [-0.1, -0.05) is 23.7 Å². The van der Waals surface area contributed by atoms with Crippen molar-refractivity contribution in [3.05, 3.63) is 59.1 Å². The number of benzene rings is 1. The molecule has 1 heterocycles. The van der Waals surface area contributed by atoms with Crippen molar-refractivity contribution in [2.24, 2.45) is 0 Å². The highest BCUT2D eigenvalue weighted by molar-refractivity contribution is 6.33. The van der Waals surface area contributed by atoms with Crippen molar-refractivity contribution in [2.75, 3.05) is 11.9 Å². The molecule has 0 radical (unpaired) electrons. The molecule has 0 aliphatic carbocycles. The molecule has 0 saturated heterocycles. The van der Waals surface area contributed by atoms with Crippen molar-refractivity contribution in [2.45, 2.75) is 6.42 Å². The van der Waals surface area contributed by atoms with E-state index < -0.39 is 0 Å². The number of aromatic nitrogens is 1. The van der Waals surface area contributed by atoms with E-state index in [1.807, 2.05) is 6.07 Å². The number of halogens is 2. The molecule has 1 N–H and O–H groups in total. The predicted octanol–water partition coefficient (Wildman–Crippen LogP) is 3.53. The molecule has 0 aliphatic heterocycles. The van der Waals surface area contributed by atoms with Crippen LogP contribution >= 0.6 is 11.6 Å². The van der Waals surface area contributed by atoms with Crippen LogP contribution in [0.5, 0.6) is 0 Å². The number of nitrogens with one attached hydrogen (secondary N) is 1. The summed E-state index contributed by atoms with van der Waals surface area (Å²) in [5.74, 6) is -0.209. The van der Waals surface area contributed by atoms with E-state index in [4.69, 9.17) is 11.6 Å². The third-order valence-corrected chi connectivity index (χ3v) is 2.72. The van der Waals surface area contributed by atoms with Gasteiger partial charge in [-0.05, 0) is 30.2 Å². The molecule has 0 amide bonds. The fourth-order valence-corrected chi connectivity index (χ4v) is 1.70. The minimum atomic E-state index is -0.209. The molecule has 4 heteroatoms. The fraction of sp³-hybridized carbons (Fsp3) is 0.154. The normalized spacial score (nSPS) is 10.2. The van der Waals surface area contributed by atoms with Gasteiger partial charge in [0.1, 0.15) is 5.82 Å². The molecule has 2 aromatic rings. The highest BCUT2D eigenvalue weighted by Gasteiger charge is 1.98. The second kappa shape index (κ2) is 5.64. The standard InChI is InChI=1S/C13H12ClFN2/c14-12-9-16-7-6-13(12)17-8-5-10-1-3-11(15)4-2-10/h1-4,6-7,9H,5,8H2,(H,16,17). The van der Waals surface area contributed by atoms with Crippen molar-refractivity contribution < 1.29 is 4.39 Å². The third-order valence-electron chi connectivity index (χ3n) is 2.41. The van der Waals surface area contributed by atoms with Gasteiger partial charge in [-0.15, -0.1) is 0 Å². The van der Waals surface area contributed by atoms with E-state index in [1.54, 1.807) is 24.5 Å². The minimum Gasteiger partial charge on any atom is -0.383 e. The number of hydrogen-bond acceptors (Lipinski definition) is 2. The molecule has 0 saturated carbocycles. The van der Waals surface area contributed by atoms with Crippen LogP contribution in [0.1, 0.15) is 5.56 Å². The van der Waals surface area contributed by atoms with Gasteiger partial charge in [0.2, 0.25) is 0 Å². The van der Waals surface area contributed by atoms with Gasteiger partial charge in [-0.2, -0.15) is 0 Å². The Kier molecular flexibility index (Phi) is 3.94. The Morgan fingerprint density at radius 1 is 1.18 bits per heavy atom. The molecule has 0 atom stereocenters. The van der Waals surface area contributed by atoms with E-state index in [9.17, 15) is 4.39 Å². The molecule has 0 fully saturated rings. The van der Waals surface area contributed by atoms with Crippen LogP contribution in [0, 0.1) is 5.82 Å². The highest BCUT2D eigenvalue weighted by Crippen LogP contribution is 2.18. The van der Waals surface area contributed by atoms with Gasteiger partial charge in [0.25, 0.3) is 0 Å². The summed E-state index contributed by atoms with van der Waals surface area (Å²) in [5, 5.41) is 3.81. The van der Waals surface area contributed by atoms with Crippen molar-refractivity contribution in [1.82, 2.24) is 4.98 Å². The first-order valence-corrected chi connectivity index (χ1v) is 5.71. The van der Waals surface area contributed by atoms with Gasteiger partial charge in [0, 0.05) is 18.9 Å². The van der Waals surface area contributed by atoms with E-state index in [0.29, 0.717) is 5.02 Å². The minimum absolute atomic E-state index is 0.209. The number of anilines is 1. The van der Waals surface area contributed by atoms with Gasteiger partial charge in [-0.25, -0.2) is 4.39 Å². The SMILES string of the molecule is Fc1ccc(CCNc2ccncc2Cl)cc1. The summed E-state index contributed by atoms with van der Waals surface area (Å²) in [4.78, 5) is 3.91. The van der Waals surface area contributed by atoms with Crippen LogP contribution in [0.4, 0.5) is 10.1 Å². The van der Waals surface area contributed by atoms with Gasteiger partial charge < -0.3 is 5.32 Å². The Morgan fingerprint density at radius 3 is 2.65 bits per heavy atom. The Morgan fingerprint density at radius 2 is 1.94 bits per heavy atom. The Balaban J connectivity index is 1.88. The van der Waals surface area contributed by atoms with E-state index >= 15 is 0 Å². The summed E-state index contributed by atoms with van der Waals surface area (Å²) < 4.78 is 12.7. The van der Waals surface area contributed by atoms with Crippen LogP contribution in [0.3, 0.4) is 0 Å². The van der Waals surface area contributed by atoms with Crippen molar-refractivity contribution in [1.29, 1.82) is 0 Å². The zero-order valence-corrected chi connectivity index (χ0v) is 9.91. The van der Waals surface area contributed by atoms with Crippen LogP contribution in [-0.2, 0) is 6.42 Å². The molecule has 0 bridgehead atoms. The quantitative estimate of drug-likeness (QED) is 0.898. The van der Waals surface area contributed by atoms with Crippen molar-refractivity contribution in [3.8, 4) is 0 Å². The molecule has 17 heavy (non-hydrogen) atoms. The molecule has 0 unspecified atom stereocenters. The van der Waals surface area contributed by atoms with Gasteiger partial charge in [0.05, 0.1) is 10.7 Å². The van der Waals surface area contributed by atoms with Crippen molar-refractivity contribution in [3.63, 3.8) is 0 Å². The zero-order chi connectivity index (χ0) is 12.1. The molecular weight excluding hydrogens is 239 g/mol. The molecule has 2 rings (SSSR count). The Hall–Kier alpha value is -1.61. The lowest BCUT2D eigenvalue weighted by atomic mass is 10.1. The van der Waals surface area contributed by atoms with Crippen LogP contribution in [-0.4, -0.2) is 11.5 Å². The number of pyridine rings is 1. The fourth-order valence-electron chi connectivity index (χ4n) is 1.51. The highest BCUT2D eigenvalue weighted by atomic mass is 35.5. The summed E-state index contributed by atoms with van der Waals surface area (Å²) in [7, 11) is 0. The first-order chi connectivity index (χ1) is 8.25. The summed E-state index contributed by atoms with van der Waals surface area (Å²) in [6.45, 7) is 0.745. The summed E-state index contributed by atoms with van der Waals surface area (Å²) in [6.07, 6.45) is 4.10. The van der Waals surface area contributed by atoms with E-state index in [2.05, 4.69) is 10.3 Å².